The number of fused-ring (bicyclic) bond motifs is 1. The minimum Gasteiger partial charge on any atom is -0.307 e. The van der Waals surface area contributed by atoms with Crippen LogP contribution in [0.4, 0.5) is 0 Å². The largest absolute Gasteiger partial charge is 0.307 e. The standard InChI is InChI=1S/C22H17ClN4O2S/c23-17-5-3-4-16(12-17)22(29)26-25-21(28)15-7-9-19(10-8-15)30-14-18-13-27-11-2-1-6-20(27)24-18/h1-13H,14H2,(H,25,28)(H,26,29). The van der Waals surface area contributed by atoms with Gasteiger partial charge in [-0.15, -0.1) is 11.8 Å². The van der Waals surface area contributed by atoms with Crippen molar-refractivity contribution in [2.75, 3.05) is 0 Å². The number of thioether (sulfide) groups is 1. The Morgan fingerprint density at radius 3 is 2.43 bits per heavy atom. The average molecular weight is 437 g/mol. The molecule has 0 saturated carbocycles. The molecule has 2 heterocycles. The second-order valence-corrected chi connectivity index (χ2v) is 7.92. The first kappa shape index (κ1) is 20.0. The lowest BCUT2D eigenvalue weighted by Gasteiger charge is -2.08. The fraction of sp³-hybridized carbons (Fsp3) is 0.0455. The lowest BCUT2D eigenvalue weighted by Crippen LogP contribution is -2.41. The molecule has 2 aromatic heterocycles. The summed E-state index contributed by atoms with van der Waals surface area (Å²) in [6, 6.07) is 19.5. The smallest absolute Gasteiger partial charge is 0.269 e. The molecule has 150 valence electrons. The number of hydrogen-bond acceptors (Lipinski definition) is 4. The molecule has 0 fully saturated rings. The van der Waals surface area contributed by atoms with E-state index in [-0.39, 0.29) is 0 Å². The Kier molecular flexibility index (Phi) is 6.02. The molecule has 4 aromatic rings. The van der Waals surface area contributed by atoms with Crippen molar-refractivity contribution in [3.63, 3.8) is 0 Å². The van der Waals surface area contributed by atoms with E-state index in [1.54, 1.807) is 42.1 Å². The summed E-state index contributed by atoms with van der Waals surface area (Å²) < 4.78 is 1.99. The number of nitrogens with zero attached hydrogens (tertiary/aromatic N) is 2. The predicted octanol–water partition coefficient (Wildman–Crippen LogP) is 4.35. The molecular weight excluding hydrogens is 420 g/mol. The first-order valence-corrected chi connectivity index (χ1v) is 10.5. The van der Waals surface area contributed by atoms with Crippen LogP contribution in [0, 0.1) is 0 Å². The fourth-order valence-electron chi connectivity index (χ4n) is 2.80. The normalized spacial score (nSPS) is 10.7. The molecule has 2 aromatic carbocycles. The van der Waals surface area contributed by atoms with Crippen LogP contribution < -0.4 is 10.9 Å². The van der Waals surface area contributed by atoms with Gasteiger partial charge in [-0.3, -0.25) is 20.4 Å². The number of nitrogens with one attached hydrogen (secondary N) is 2. The third kappa shape index (κ3) is 4.82. The molecule has 30 heavy (non-hydrogen) atoms. The Balaban J connectivity index is 1.31. The van der Waals surface area contributed by atoms with Crippen molar-refractivity contribution in [1.29, 1.82) is 0 Å². The van der Waals surface area contributed by atoms with Gasteiger partial charge in [0.15, 0.2) is 0 Å². The maximum absolute atomic E-state index is 12.3. The van der Waals surface area contributed by atoms with Gasteiger partial charge in [0.2, 0.25) is 0 Å². The van der Waals surface area contributed by atoms with Gasteiger partial charge in [0, 0.05) is 39.2 Å². The lowest BCUT2D eigenvalue weighted by molar-refractivity contribution is 0.0846. The maximum atomic E-state index is 12.3. The number of pyridine rings is 1. The highest BCUT2D eigenvalue weighted by molar-refractivity contribution is 7.98. The van der Waals surface area contributed by atoms with Gasteiger partial charge < -0.3 is 4.40 Å². The molecule has 2 N–H and O–H groups in total. The number of halogens is 1. The molecule has 8 heteroatoms. The third-order valence-electron chi connectivity index (χ3n) is 4.29. The predicted molar refractivity (Wildman–Crippen MR) is 118 cm³/mol. The summed E-state index contributed by atoms with van der Waals surface area (Å²) in [5.74, 6) is -0.115. The number of hydrazine groups is 1. The van der Waals surface area contributed by atoms with Gasteiger partial charge in [0.1, 0.15) is 5.65 Å². The molecule has 0 aliphatic heterocycles. The molecule has 0 bridgehead atoms. The van der Waals surface area contributed by atoms with Crippen LogP contribution in [0.1, 0.15) is 26.4 Å². The monoisotopic (exact) mass is 436 g/mol. The minimum absolute atomic E-state index is 0.362. The molecule has 0 atom stereocenters. The first-order valence-electron chi connectivity index (χ1n) is 9.10. The SMILES string of the molecule is O=C(NNC(=O)c1cccc(Cl)c1)c1ccc(SCc2cn3ccccc3n2)cc1. The molecule has 0 aliphatic rings. The van der Waals surface area contributed by atoms with Crippen LogP contribution in [0.3, 0.4) is 0 Å². The zero-order valence-electron chi connectivity index (χ0n) is 15.7. The summed E-state index contributed by atoms with van der Waals surface area (Å²) in [4.78, 5) is 29.9. The Labute approximate surface area is 182 Å². The van der Waals surface area contributed by atoms with E-state index in [1.807, 2.05) is 47.1 Å². The van der Waals surface area contributed by atoms with E-state index in [4.69, 9.17) is 11.6 Å². The van der Waals surface area contributed by atoms with Crippen molar-refractivity contribution in [1.82, 2.24) is 20.2 Å². The van der Waals surface area contributed by atoms with Crippen LogP contribution in [-0.2, 0) is 5.75 Å². The summed E-state index contributed by atoms with van der Waals surface area (Å²) in [5, 5.41) is 0.450. The van der Waals surface area contributed by atoms with Gasteiger partial charge in [-0.05, 0) is 54.6 Å². The summed E-state index contributed by atoms with van der Waals surface area (Å²) in [5.41, 5.74) is 7.50. The van der Waals surface area contributed by atoms with Crippen LogP contribution in [0.15, 0.2) is 84.0 Å². The van der Waals surface area contributed by atoms with E-state index < -0.39 is 11.8 Å². The zero-order valence-corrected chi connectivity index (χ0v) is 17.3. The van der Waals surface area contributed by atoms with Gasteiger partial charge in [-0.2, -0.15) is 0 Å². The van der Waals surface area contributed by atoms with Crippen molar-refractivity contribution < 1.29 is 9.59 Å². The van der Waals surface area contributed by atoms with Crippen molar-refractivity contribution in [2.24, 2.45) is 0 Å². The summed E-state index contributed by atoms with van der Waals surface area (Å²) in [6.07, 6.45) is 3.97. The number of benzene rings is 2. The first-order chi connectivity index (χ1) is 14.6. The van der Waals surface area contributed by atoms with Crippen LogP contribution in [0.2, 0.25) is 5.02 Å². The quantitative estimate of drug-likeness (QED) is 0.360. The van der Waals surface area contributed by atoms with E-state index in [2.05, 4.69) is 15.8 Å². The number of hydrogen-bond donors (Lipinski definition) is 2. The van der Waals surface area contributed by atoms with Gasteiger partial charge in [-0.1, -0.05) is 23.7 Å². The molecule has 4 rings (SSSR count). The van der Waals surface area contributed by atoms with Gasteiger partial charge in [0.25, 0.3) is 11.8 Å². The maximum Gasteiger partial charge on any atom is 0.269 e. The molecule has 0 unspecified atom stereocenters. The van der Waals surface area contributed by atoms with E-state index in [1.165, 1.54) is 6.07 Å². The third-order valence-corrected chi connectivity index (χ3v) is 5.57. The highest BCUT2D eigenvalue weighted by atomic mass is 35.5. The van der Waals surface area contributed by atoms with Crippen LogP contribution in [-0.4, -0.2) is 21.2 Å². The number of imidazole rings is 1. The molecule has 0 aliphatic carbocycles. The number of amides is 2. The lowest BCUT2D eigenvalue weighted by atomic mass is 10.2. The Bertz CT molecular complexity index is 1170. The van der Waals surface area contributed by atoms with E-state index in [0.717, 1.165) is 22.0 Å². The number of aromatic nitrogens is 2. The highest BCUT2D eigenvalue weighted by Gasteiger charge is 2.10. The number of rotatable bonds is 5. The second kappa shape index (κ2) is 9.02. The molecule has 0 spiro atoms. The fourth-order valence-corrected chi connectivity index (χ4v) is 3.78. The number of carbonyl (C=O) groups is 2. The average Bonchev–Trinajstić information content (AvgIpc) is 3.19. The molecular formula is C22H17ClN4O2S. The van der Waals surface area contributed by atoms with Crippen LogP contribution in [0.25, 0.3) is 5.65 Å². The van der Waals surface area contributed by atoms with Crippen molar-refractivity contribution in [3.8, 4) is 0 Å². The molecule has 0 saturated heterocycles. The Hall–Kier alpha value is -3.29. The van der Waals surface area contributed by atoms with Crippen LogP contribution >= 0.6 is 23.4 Å². The van der Waals surface area contributed by atoms with Crippen LogP contribution in [0.5, 0.6) is 0 Å². The van der Waals surface area contributed by atoms with Crippen molar-refractivity contribution in [2.45, 2.75) is 10.6 Å². The van der Waals surface area contributed by atoms with Crippen molar-refractivity contribution in [3.05, 3.63) is 101 Å². The number of carbonyl (C=O) groups excluding carboxylic acids is 2. The van der Waals surface area contributed by atoms with E-state index in [9.17, 15) is 9.59 Å². The minimum atomic E-state index is -0.439. The van der Waals surface area contributed by atoms with Gasteiger partial charge in [-0.25, -0.2) is 4.98 Å². The zero-order chi connectivity index (χ0) is 20.9. The summed E-state index contributed by atoms with van der Waals surface area (Å²) >= 11 is 7.51. The topological polar surface area (TPSA) is 75.5 Å². The highest BCUT2D eigenvalue weighted by Crippen LogP contribution is 2.23. The second-order valence-electron chi connectivity index (χ2n) is 6.43. The van der Waals surface area contributed by atoms with Gasteiger partial charge in [0.05, 0.1) is 5.69 Å². The molecule has 0 radical (unpaired) electrons. The van der Waals surface area contributed by atoms with Gasteiger partial charge >= 0.3 is 0 Å². The Morgan fingerprint density at radius 1 is 0.933 bits per heavy atom. The van der Waals surface area contributed by atoms with E-state index >= 15 is 0 Å². The Morgan fingerprint density at radius 2 is 1.70 bits per heavy atom. The summed E-state index contributed by atoms with van der Waals surface area (Å²) in [7, 11) is 0. The molecule has 6 nitrogen and oxygen atoms in total. The molecule has 2 amide bonds. The summed E-state index contributed by atoms with van der Waals surface area (Å²) in [6.45, 7) is 0. The van der Waals surface area contributed by atoms with Crippen molar-refractivity contribution >= 4 is 40.8 Å². The van der Waals surface area contributed by atoms with E-state index in [0.29, 0.717) is 16.1 Å².